The number of carbonyl (C=O) groups is 1. The number of anilines is 1. The molecule has 0 bridgehead atoms. The molecule has 0 saturated carbocycles. The SMILES string of the molecule is Cc1ccc(CN(C)C(=O)CN2CCN(c3ccc([N+](=O)[O-])c4cnccc34)CC2)c(C)c1. The molecule has 0 N–H and O–H groups in total. The van der Waals surface area contributed by atoms with Crippen LogP contribution in [0.2, 0.25) is 0 Å². The van der Waals surface area contributed by atoms with Crippen molar-refractivity contribution in [2.24, 2.45) is 0 Å². The molecule has 0 spiro atoms. The van der Waals surface area contributed by atoms with E-state index in [0.29, 0.717) is 18.5 Å². The number of aromatic nitrogens is 1. The molecular formula is C25H29N5O3. The lowest BCUT2D eigenvalue weighted by Gasteiger charge is -2.36. The van der Waals surface area contributed by atoms with Crippen molar-refractivity contribution in [3.8, 4) is 0 Å². The number of hydrogen-bond donors (Lipinski definition) is 0. The average molecular weight is 448 g/mol. The first-order valence-electron chi connectivity index (χ1n) is 11.1. The maximum atomic E-state index is 12.8. The molecule has 1 amide bonds. The van der Waals surface area contributed by atoms with Gasteiger partial charge in [0.1, 0.15) is 0 Å². The fourth-order valence-electron chi connectivity index (χ4n) is 4.42. The Bertz CT molecular complexity index is 1190. The van der Waals surface area contributed by atoms with Crippen LogP contribution in [0.15, 0.2) is 48.8 Å². The van der Waals surface area contributed by atoms with Crippen molar-refractivity contribution >= 4 is 28.1 Å². The molecule has 0 atom stereocenters. The summed E-state index contributed by atoms with van der Waals surface area (Å²) in [4.78, 5) is 34.1. The van der Waals surface area contributed by atoms with E-state index in [2.05, 4.69) is 46.8 Å². The van der Waals surface area contributed by atoms with Crippen LogP contribution in [-0.4, -0.2) is 65.4 Å². The molecule has 4 rings (SSSR count). The van der Waals surface area contributed by atoms with Crippen LogP contribution in [0.5, 0.6) is 0 Å². The minimum Gasteiger partial charge on any atom is -0.368 e. The van der Waals surface area contributed by atoms with Gasteiger partial charge in [-0.05, 0) is 37.1 Å². The van der Waals surface area contributed by atoms with Crippen molar-refractivity contribution < 1.29 is 9.72 Å². The van der Waals surface area contributed by atoms with E-state index < -0.39 is 0 Å². The van der Waals surface area contributed by atoms with E-state index in [9.17, 15) is 14.9 Å². The van der Waals surface area contributed by atoms with Gasteiger partial charge in [0.25, 0.3) is 5.69 Å². The molecule has 8 heteroatoms. The first-order chi connectivity index (χ1) is 15.8. The van der Waals surface area contributed by atoms with Crippen LogP contribution in [0.25, 0.3) is 10.8 Å². The maximum absolute atomic E-state index is 12.8. The minimum absolute atomic E-state index is 0.0675. The summed E-state index contributed by atoms with van der Waals surface area (Å²) < 4.78 is 0. The molecule has 0 aliphatic carbocycles. The molecule has 1 fully saturated rings. The summed E-state index contributed by atoms with van der Waals surface area (Å²) in [5, 5.41) is 12.8. The highest BCUT2D eigenvalue weighted by molar-refractivity contribution is 5.99. The number of amides is 1. The Kier molecular flexibility index (Phi) is 6.55. The standard InChI is InChI=1S/C25H29N5O3/c1-18-4-5-20(19(2)14-18)16-27(3)25(31)17-28-10-12-29(13-11-28)23-6-7-24(30(32)33)22-15-26-9-8-21(22)23/h4-9,14-15H,10-13,16-17H2,1-3H3. The third-order valence-corrected chi connectivity index (χ3v) is 6.37. The van der Waals surface area contributed by atoms with Gasteiger partial charge in [0.05, 0.1) is 16.9 Å². The van der Waals surface area contributed by atoms with Crippen LogP contribution >= 0.6 is 0 Å². The van der Waals surface area contributed by atoms with E-state index in [1.807, 2.05) is 19.2 Å². The van der Waals surface area contributed by atoms with Gasteiger partial charge in [-0.3, -0.25) is 24.8 Å². The number of aryl methyl sites for hydroxylation is 2. The molecule has 0 radical (unpaired) electrons. The Labute approximate surface area is 193 Å². The number of rotatable bonds is 6. The molecule has 1 aliphatic rings. The van der Waals surface area contributed by atoms with Gasteiger partial charge in [-0.25, -0.2) is 0 Å². The van der Waals surface area contributed by atoms with Crippen molar-refractivity contribution in [2.75, 3.05) is 44.7 Å². The number of benzene rings is 2. The van der Waals surface area contributed by atoms with Gasteiger partial charge >= 0.3 is 0 Å². The second kappa shape index (κ2) is 9.54. The van der Waals surface area contributed by atoms with Crippen LogP contribution < -0.4 is 4.90 Å². The summed E-state index contributed by atoms with van der Waals surface area (Å²) in [5.41, 5.74) is 4.63. The smallest absolute Gasteiger partial charge is 0.278 e. The van der Waals surface area contributed by atoms with E-state index in [0.717, 1.165) is 37.3 Å². The lowest BCUT2D eigenvalue weighted by Crippen LogP contribution is -2.49. The first kappa shape index (κ1) is 22.7. The number of nitrogens with zero attached hydrogens (tertiary/aromatic N) is 5. The molecule has 3 aromatic rings. The molecule has 1 aromatic heterocycles. The Hall–Kier alpha value is -3.52. The van der Waals surface area contributed by atoms with Gasteiger partial charge in [-0.1, -0.05) is 23.8 Å². The van der Waals surface area contributed by atoms with Crippen LogP contribution in [0.4, 0.5) is 11.4 Å². The predicted octanol–water partition coefficient (Wildman–Crippen LogP) is 3.54. The molecular weight excluding hydrogens is 418 g/mol. The summed E-state index contributed by atoms with van der Waals surface area (Å²) >= 11 is 0. The van der Waals surface area contributed by atoms with Crippen LogP contribution in [0.3, 0.4) is 0 Å². The highest BCUT2D eigenvalue weighted by Gasteiger charge is 2.23. The lowest BCUT2D eigenvalue weighted by molar-refractivity contribution is -0.383. The number of hydrogen-bond acceptors (Lipinski definition) is 6. The van der Waals surface area contributed by atoms with Gasteiger partial charge in [-0.2, -0.15) is 0 Å². The monoisotopic (exact) mass is 447 g/mol. The summed E-state index contributed by atoms with van der Waals surface area (Å²) in [6.45, 7) is 8.17. The fraction of sp³-hybridized carbons (Fsp3) is 0.360. The lowest BCUT2D eigenvalue weighted by atomic mass is 10.1. The zero-order valence-electron chi connectivity index (χ0n) is 19.3. The topological polar surface area (TPSA) is 82.8 Å². The number of nitro benzene ring substituents is 1. The zero-order chi connectivity index (χ0) is 23.5. The van der Waals surface area contributed by atoms with E-state index in [1.165, 1.54) is 16.7 Å². The van der Waals surface area contributed by atoms with Gasteiger partial charge in [0.15, 0.2) is 0 Å². The highest BCUT2D eigenvalue weighted by atomic mass is 16.6. The molecule has 1 saturated heterocycles. The molecule has 1 aliphatic heterocycles. The molecule has 172 valence electrons. The molecule has 0 unspecified atom stereocenters. The summed E-state index contributed by atoms with van der Waals surface area (Å²) in [6, 6.07) is 11.5. The number of pyridine rings is 1. The van der Waals surface area contributed by atoms with Crippen LogP contribution in [0, 0.1) is 24.0 Å². The van der Waals surface area contributed by atoms with Gasteiger partial charge < -0.3 is 9.80 Å². The van der Waals surface area contributed by atoms with Gasteiger partial charge in [0.2, 0.25) is 5.91 Å². The third kappa shape index (κ3) is 4.96. The van der Waals surface area contributed by atoms with Crippen molar-refractivity contribution in [1.29, 1.82) is 0 Å². The molecule has 2 heterocycles. The van der Waals surface area contributed by atoms with E-state index in [1.54, 1.807) is 23.4 Å². The summed E-state index contributed by atoms with van der Waals surface area (Å²) in [6.07, 6.45) is 3.22. The van der Waals surface area contributed by atoms with E-state index in [4.69, 9.17) is 0 Å². The molecule has 8 nitrogen and oxygen atoms in total. The Morgan fingerprint density at radius 3 is 2.55 bits per heavy atom. The van der Waals surface area contributed by atoms with Gasteiger partial charge in [0, 0.05) is 69.3 Å². The third-order valence-electron chi connectivity index (χ3n) is 6.37. The van der Waals surface area contributed by atoms with E-state index >= 15 is 0 Å². The second-order valence-electron chi connectivity index (χ2n) is 8.73. The number of fused-ring (bicyclic) bond motifs is 1. The average Bonchev–Trinajstić information content (AvgIpc) is 2.80. The Balaban J connectivity index is 1.38. The highest BCUT2D eigenvalue weighted by Crippen LogP contribution is 2.33. The maximum Gasteiger partial charge on any atom is 0.278 e. The normalized spacial score (nSPS) is 14.5. The van der Waals surface area contributed by atoms with Gasteiger partial charge in [-0.15, -0.1) is 0 Å². The number of likely N-dealkylation sites (N-methyl/N-ethyl adjacent to an activating group) is 1. The van der Waals surface area contributed by atoms with Crippen LogP contribution in [-0.2, 0) is 11.3 Å². The van der Waals surface area contributed by atoms with Crippen molar-refractivity contribution in [2.45, 2.75) is 20.4 Å². The number of non-ortho nitro benzene ring substituents is 1. The van der Waals surface area contributed by atoms with Crippen molar-refractivity contribution in [1.82, 2.24) is 14.8 Å². The fourth-order valence-corrected chi connectivity index (χ4v) is 4.42. The zero-order valence-corrected chi connectivity index (χ0v) is 19.3. The second-order valence-corrected chi connectivity index (χ2v) is 8.73. The predicted molar refractivity (Wildman–Crippen MR) is 129 cm³/mol. The Morgan fingerprint density at radius 1 is 1.09 bits per heavy atom. The van der Waals surface area contributed by atoms with Crippen molar-refractivity contribution in [3.63, 3.8) is 0 Å². The van der Waals surface area contributed by atoms with Crippen molar-refractivity contribution in [3.05, 3.63) is 75.6 Å². The van der Waals surface area contributed by atoms with Crippen LogP contribution in [0.1, 0.15) is 16.7 Å². The molecule has 33 heavy (non-hydrogen) atoms. The molecule has 2 aromatic carbocycles. The first-order valence-corrected chi connectivity index (χ1v) is 11.1. The largest absolute Gasteiger partial charge is 0.368 e. The quantitative estimate of drug-likeness (QED) is 0.425. The summed E-state index contributed by atoms with van der Waals surface area (Å²) in [5.74, 6) is 0.107. The Morgan fingerprint density at radius 2 is 1.85 bits per heavy atom. The number of piperazine rings is 1. The summed E-state index contributed by atoms with van der Waals surface area (Å²) in [7, 11) is 1.86. The number of carbonyl (C=O) groups excluding carboxylic acids is 1. The minimum atomic E-state index is -0.369. The number of nitro groups is 1. The van der Waals surface area contributed by atoms with E-state index in [-0.39, 0.29) is 16.5 Å².